The highest BCUT2D eigenvalue weighted by Gasteiger charge is 2.30. The van der Waals surface area contributed by atoms with Crippen LogP contribution in [0.1, 0.15) is 15.9 Å². The van der Waals surface area contributed by atoms with Crippen LogP contribution < -0.4 is 10.6 Å². The lowest BCUT2D eigenvalue weighted by molar-refractivity contribution is -0.137. The highest BCUT2D eigenvalue weighted by Crippen LogP contribution is 2.29. The van der Waals surface area contributed by atoms with Crippen molar-refractivity contribution in [2.45, 2.75) is 6.18 Å². The number of rotatable bonds is 4. The molecule has 2 aromatic carbocycles. The normalized spacial score (nSPS) is 11.1. The standard InChI is InChI=1S/C18H12ClF3N4O/c19-13-2-1-3-15(8-13)26-17-23-9-11(10-24-17)16(27)25-14-6-4-12(5-7-14)18(20,21)22/h1-10H,(H,25,27)(H,23,24,26). The van der Waals surface area contributed by atoms with Crippen LogP contribution in [0.25, 0.3) is 0 Å². The molecule has 0 unspecified atom stereocenters. The third-order valence-electron chi connectivity index (χ3n) is 3.46. The average molecular weight is 393 g/mol. The van der Waals surface area contributed by atoms with E-state index in [1.165, 1.54) is 24.5 Å². The summed E-state index contributed by atoms with van der Waals surface area (Å²) in [6.45, 7) is 0. The third-order valence-corrected chi connectivity index (χ3v) is 3.70. The van der Waals surface area contributed by atoms with E-state index in [0.717, 1.165) is 12.1 Å². The topological polar surface area (TPSA) is 66.9 Å². The Morgan fingerprint density at radius 3 is 2.22 bits per heavy atom. The molecule has 1 amide bonds. The van der Waals surface area contributed by atoms with E-state index in [0.29, 0.717) is 10.7 Å². The summed E-state index contributed by atoms with van der Waals surface area (Å²) in [6.07, 6.45) is -1.82. The van der Waals surface area contributed by atoms with Crippen molar-refractivity contribution in [3.63, 3.8) is 0 Å². The van der Waals surface area contributed by atoms with E-state index >= 15 is 0 Å². The molecule has 0 aliphatic carbocycles. The summed E-state index contributed by atoms with van der Waals surface area (Å²) in [6, 6.07) is 11.1. The Kier molecular flexibility index (Phi) is 5.27. The van der Waals surface area contributed by atoms with Crippen molar-refractivity contribution in [1.82, 2.24) is 9.97 Å². The van der Waals surface area contributed by atoms with Crippen molar-refractivity contribution in [2.24, 2.45) is 0 Å². The molecule has 0 saturated carbocycles. The van der Waals surface area contributed by atoms with E-state index in [2.05, 4.69) is 20.6 Å². The predicted molar refractivity (Wildman–Crippen MR) is 96.2 cm³/mol. The fourth-order valence-electron chi connectivity index (χ4n) is 2.15. The summed E-state index contributed by atoms with van der Waals surface area (Å²) in [7, 11) is 0. The largest absolute Gasteiger partial charge is 0.416 e. The van der Waals surface area contributed by atoms with Gasteiger partial charge in [0.05, 0.1) is 11.1 Å². The Hall–Kier alpha value is -3.13. The monoisotopic (exact) mass is 392 g/mol. The van der Waals surface area contributed by atoms with Crippen LogP contribution in [-0.4, -0.2) is 15.9 Å². The molecule has 3 aromatic rings. The lowest BCUT2D eigenvalue weighted by Crippen LogP contribution is -2.13. The van der Waals surface area contributed by atoms with Crippen molar-refractivity contribution in [2.75, 3.05) is 10.6 Å². The number of aromatic nitrogens is 2. The van der Waals surface area contributed by atoms with Gasteiger partial charge < -0.3 is 10.6 Å². The Morgan fingerprint density at radius 1 is 0.963 bits per heavy atom. The molecule has 1 heterocycles. The number of alkyl halides is 3. The van der Waals surface area contributed by atoms with E-state index in [4.69, 9.17) is 11.6 Å². The van der Waals surface area contributed by atoms with Crippen LogP contribution in [0.2, 0.25) is 5.02 Å². The summed E-state index contributed by atoms with van der Waals surface area (Å²) in [5, 5.41) is 5.97. The Balaban J connectivity index is 1.65. The quantitative estimate of drug-likeness (QED) is 0.644. The van der Waals surface area contributed by atoms with E-state index in [-0.39, 0.29) is 17.2 Å². The summed E-state index contributed by atoms with van der Waals surface area (Å²) >= 11 is 5.89. The Labute approximate surface area is 157 Å². The maximum Gasteiger partial charge on any atom is 0.416 e. The molecule has 0 aliphatic rings. The van der Waals surface area contributed by atoms with Gasteiger partial charge in [0.2, 0.25) is 5.95 Å². The van der Waals surface area contributed by atoms with Gasteiger partial charge >= 0.3 is 6.18 Å². The highest BCUT2D eigenvalue weighted by atomic mass is 35.5. The van der Waals surface area contributed by atoms with Crippen LogP contribution in [0.3, 0.4) is 0 Å². The maximum absolute atomic E-state index is 12.5. The molecule has 2 N–H and O–H groups in total. The SMILES string of the molecule is O=C(Nc1ccc(C(F)(F)F)cc1)c1cnc(Nc2cccc(Cl)c2)nc1. The van der Waals surface area contributed by atoms with Gasteiger partial charge in [0.1, 0.15) is 0 Å². The molecule has 1 aromatic heterocycles. The fraction of sp³-hybridized carbons (Fsp3) is 0.0556. The molecule has 0 fully saturated rings. The summed E-state index contributed by atoms with van der Waals surface area (Å²) < 4.78 is 37.6. The van der Waals surface area contributed by atoms with Crippen molar-refractivity contribution in [3.8, 4) is 0 Å². The van der Waals surface area contributed by atoms with Crippen molar-refractivity contribution in [3.05, 3.63) is 77.1 Å². The first kappa shape index (κ1) is 18.7. The molecule has 27 heavy (non-hydrogen) atoms. The van der Waals surface area contributed by atoms with Gasteiger partial charge in [-0.25, -0.2) is 9.97 Å². The number of hydrogen-bond acceptors (Lipinski definition) is 4. The Bertz CT molecular complexity index is 944. The molecule has 0 spiro atoms. The minimum absolute atomic E-state index is 0.159. The summed E-state index contributed by atoms with van der Waals surface area (Å²) in [4.78, 5) is 20.2. The molecule has 3 rings (SSSR count). The summed E-state index contributed by atoms with van der Waals surface area (Å²) in [5.41, 5.74) is 0.283. The molecule has 0 radical (unpaired) electrons. The smallest absolute Gasteiger partial charge is 0.324 e. The number of anilines is 3. The lowest BCUT2D eigenvalue weighted by atomic mass is 10.2. The zero-order valence-corrected chi connectivity index (χ0v) is 14.3. The third kappa shape index (κ3) is 4.95. The summed E-state index contributed by atoms with van der Waals surface area (Å²) in [5.74, 6) is -0.271. The van der Waals surface area contributed by atoms with Crippen molar-refractivity contribution >= 4 is 34.8 Å². The van der Waals surface area contributed by atoms with Gasteiger partial charge in [0.15, 0.2) is 0 Å². The van der Waals surface area contributed by atoms with Gasteiger partial charge in [-0.05, 0) is 42.5 Å². The molecule has 0 atom stereocenters. The van der Waals surface area contributed by atoms with Crippen molar-refractivity contribution in [1.29, 1.82) is 0 Å². The van der Waals surface area contributed by atoms with Gasteiger partial charge in [-0.15, -0.1) is 0 Å². The number of carbonyl (C=O) groups is 1. The molecule has 0 bridgehead atoms. The number of amides is 1. The Morgan fingerprint density at radius 2 is 1.63 bits per heavy atom. The fourth-order valence-corrected chi connectivity index (χ4v) is 2.34. The average Bonchev–Trinajstić information content (AvgIpc) is 2.62. The lowest BCUT2D eigenvalue weighted by Gasteiger charge is -2.09. The second kappa shape index (κ2) is 7.63. The first-order chi connectivity index (χ1) is 12.8. The number of carbonyl (C=O) groups excluding carboxylic acids is 1. The number of nitrogens with zero attached hydrogens (tertiary/aromatic N) is 2. The van der Waals surface area contributed by atoms with Crippen LogP contribution in [0.5, 0.6) is 0 Å². The molecule has 0 aliphatic heterocycles. The van der Waals surface area contributed by atoms with E-state index in [9.17, 15) is 18.0 Å². The molecule has 138 valence electrons. The number of benzene rings is 2. The van der Waals surface area contributed by atoms with Gasteiger partial charge in [-0.2, -0.15) is 13.2 Å². The minimum Gasteiger partial charge on any atom is -0.324 e. The van der Waals surface area contributed by atoms with Crippen molar-refractivity contribution < 1.29 is 18.0 Å². The molecule has 5 nitrogen and oxygen atoms in total. The number of nitrogens with one attached hydrogen (secondary N) is 2. The molecule has 0 saturated heterocycles. The second-order valence-electron chi connectivity index (χ2n) is 5.46. The van der Waals surface area contributed by atoms with E-state index in [1.807, 2.05) is 0 Å². The second-order valence-corrected chi connectivity index (χ2v) is 5.90. The van der Waals surface area contributed by atoms with Crippen LogP contribution >= 0.6 is 11.6 Å². The van der Waals surface area contributed by atoms with E-state index in [1.54, 1.807) is 24.3 Å². The highest BCUT2D eigenvalue weighted by molar-refractivity contribution is 6.30. The maximum atomic E-state index is 12.5. The van der Waals surface area contributed by atoms with Crippen LogP contribution in [0, 0.1) is 0 Å². The van der Waals surface area contributed by atoms with Crippen LogP contribution in [0.15, 0.2) is 60.9 Å². The number of hydrogen-bond donors (Lipinski definition) is 2. The van der Waals surface area contributed by atoms with Crippen LogP contribution in [0.4, 0.5) is 30.5 Å². The van der Waals surface area contributed by atoms with Gasteiger partial charge in [0, 0.05) is 28.8 Å². The molecular weight excluding hydrogens is 381 g/mol. The molecular formula is C18H12ClF3N4O. The zero-order chi connectivity index (χ0) is 19.4. The van der Waals surface area contributed by atoms with Gasteiger partial charge in [-0.3, -0.25) is 4.79 Å². The number of halogens is 4. The minimum atomic E-state index is -4.43. The zero-order valence-electron chi connectivity index (χ0n) is 13.6. The van der Waals surface area contributed by atoms with Gasteiger partial charge in [-0.1, -0.05) is 17.7 Å². The first-order valence-electron chi connectivity index (χ1n) is 7.64. The molecule has 9 heteroatoms. The predicted octanol–water partition coefficient (Wildman–Crippen LogP) is 5.14. The van der Waals surface area contributed by atoms with Crippen LogP contribution in [-0.2, 0) is 6.18 Å². The van der Waals surface area contributed by atoms with Gasteiger partial charge in [0.25, 0.3) is 5.91 Å². The first-order valence-corrected chi connectivity index (χ1v) is 8.02. The van der Waals surface area contributed by atoms with E-state index < -0.39 is 17.6 Å².